The standard InChI is InChI=1S/C25H29FN8O/c1-16(17-5-7-19(26)8-6-17)30-24(35)34-10-9-33(14-25(34,2)3)23-20-11-21(18-12-29-32(4)13-18)31-22(20)27-15-28-23/h5-8,11-13,15-16H,9-10,14H2,1-4H3,(H,30,35)(H,27,28,31). The number of halogens is 1. The summed E-state index contributed by atoms with van der Waals surface area (Å²) in [6.07, 6.45) is 5.33. The van der Waals surface area contributed by atoms with Crippen LogP contribution in [-0.4, -0.2) is 60.8 Å². The SMILES string of the molecule is CC(NC(=O)N1CCN(c2ncnc3[nH]c(-c4cnn(C)c4)cc23)CC1(C)C)c1ccc(F)cc1. The van der Waals surface area contributed by atoms with Crippen LogP contribution in [0.2, 0.25) is 0 Å². The molecule has 182 valence electrons. The highest BCUT2D eigenvalue weighted by atomic mass is 19.1. The fourth-order valence-electron chi connectivity index (χ4n) is 4.70. The number of fused-ring (bicyclic) bond motifs is 1. The Kier molecular flexibility index (Phi) is 5.66. The first-order valence-corrected chi connectivity index (χ1v) is 11.6. The molecule has 10 heteroatoms. The van der Waals surface area contributed by atoms with E-state index in [-0.39, 0.29) is 17.9 Å². The summed E-state index contributed by atoms with van der Waals surface area (Å²) in [6.45, 7) is 7.81. The lowest BCUT2D eigenvalue weighted by Gasteiger charge is -2.47. The van der Waals surface area contributed by atoms with Crippen molar-refractivity contribution in [2.24, 2.45) is 7.05 Å². The third kappa shape index (κ3) is 4.43. The van der Waals surface area contributed by atoms with E-state index in [9.17, 15) is 9.18 Å². The predicted molar refractivity (Wildman–Crippen MR) is 132 cm³/mol. The maximum Gasteiger partial charge on any atom is 0.318 e. The number of urea groups is 1. The molecule has 2 N–H and O–H groups in total. The van der Waals surface area contributed by atoms with E-state index in [1.807, 2.05) is 31.3 Å². The molecule has 3 aromatic heterocycles. The average molecular weight is 477 g/mol. The van der Waals surface area contributed by atoms with Gasteiger partial charge in [-0.3, -0.25) is 4.68 Å². The molecule has 2 amide bonds. The molecule has 4 heterocycles. The molecule has 35 heavy (non-hydrogen) atoms. The molecule has 4 aromatic rings. The highest BCUT2D eigenvalue weighted by Gasteiger charge is 2.38. The van der Waals surface area contributed by atoms with E-state index in [2.05, 4.69) is 50.2 Å². The van der Waals surface area contributed by atoms with Gasteiger partial charge in [-0.05, 0) is 44.5 Å². The van der Waals surface area contributed by atoms with E-state index < -0.39 is 5.54 Å². The van der Waals surface area contributed by atoms with Crippen LogP contribution in [0.4, 0.5) is 15.0 Å². The third-order valence-electron chi connectivity index (χ3n) is 6.58. The minimum Gasteiger partial charge on any atom is -0.352 e. The minimum atomic E-state index is -0.440. The van der Waals surface area contributed by atoms with Crippen molar-refractivity contribution in [3.63, 3.8) is 0 Å². The molecule has 0 radical (unpaired) electrons. The number of aryl methyl sites for hydroxylation is 1. The number of piperazine rings is 1. The van der Waals surface area contributed by atoms with Gasteiger partial charge < -0.3 is 20.1 Å². The second kappa shape index (κ2) is 8.68. The van der Waals surface area contributed by atoms with Crippen LogP contribution >= 0.6 is 0 Å². The lowest BCUT2D eigenvalue weighted by atomic mass is 9.98. The molecule has 0 saturated carbocycles. The number of nitrogens with one attached hydrogen (secondary N) is 2. The smallest absolute Gasteiger partial charge is 0.318 e. The molecular formula is C25H29FN8O. The van der Waals surface area contributed by atoms with E-state index in [0.717, 1.165) is 33.7 Å². The Morgan fingerprint density at radius 2 is 1.97 bits per heavy atom. The summed E-state index contributed by atoms with van der Waals surface area (Å²) in [7, 11) is 1.88. The first-order valence-electron chi connectivity index (χ1n) is 11.6. The fraction of sp³-hybridized carbons (Fsp3) is 0.360. The molecule has 9 nitrogen and oxygen atoms in total. The lowest BCUT2D eigenvalue weighted by molar-refractivity contribution is 0.121. The minimum absolute atomic E-state index is 0.139. The predicted octanol–water partition coefficient (Wildman–Crippen LogP) is 3.87. The number of hydrogen-bond acceptors (Lipinski definition) is 5. The van der Waals surface area contributed by atoms with Gasteiger partial charge in [0, 0.05) is 38.4 Å². The van der Waals surface area contributed by atoms with Gasteiger partial charge >= 0.3 is 6.03 Å². The van der Waals surface area contributed by atoms with Gasteiger partial charge in [-0.15, -0.1) is 0 Å². The zero-order chi connectivity index (χ0) is 24.7. The van der Waals surface area contributed by atoms with Gasteiger partial charge in [-0.2, -0.15) is 5.10 Å². The fourth-order valence-corrected chi connectivity index (χ4v) is 4.70. The summed E-state index contributed by atoms with van der Waals surface area (Å²) in [5.74, 6) is 0.549. The summed E-state index contributed by atoms with van der Waals surface area (Å²) in [5, 5.41) is 8.24. The number of aromatic amines is 1. The number of carbonyl (C=O) groups is 1. The molecular weight excluding hydrogens is 447 g/mol. The number of H-pyrrole nitrogens is 1. The van der Waals surface area contributed by atoms with Crippen molar-refractivity contribution in [3.8, 4) is 11.3 Å². The summed E-state index contributed by atoms with van der Waals surface area (Å²) in [6, 6.07) is 7.89. The second-order valence-electron chi connectivity index (χ2n) is 9.65. The van der Waals surface area contributed by atoms with Crippen LogP contribution in [0, 0.1) is 5.82 Å². The van der Waals surface area contributed by atoms with Crippen molar-refractivity contribution in [2.75, 3.05) is 24.5 Å². The van der Waals surface area contributed by atoms with Crippen molar-refractivity contribution >= 4 is 22.9 Å². The van der Waals surface area contributed by atoms with Gasteiger partial charge in [0.25, 0.3) is 0 Å². The van der Waals surface area contributed by atoms with Gasteiger partial charge in [0.05, 0.1) is 28.9 Å². The number of amides is 2. The van der Waals surface area contributed by atoms with Gasteiger partial charge in [0.15, 0.2) is 0 Å². The van der Waals surface area contributed by atoms with Crippen molar-refractivity contribution < 1.29 is 9.18 Å². The number of rotatable bonds is 4. The van der Waals surface area contributed by atoms with E-state index in [1.54, 1.807) is 23.1 Å². The maximum atomic E-state index is 13.3. The Bertz CT molecular complexity index is 1360. The molecule has 1 saturated heterocycles. The monoisotopic (exact) mass is 476 g/mol. The molecule has 1 aliphatic heterocycles. The van der Waals surface area contributed by atoms with E-state index >= 15 is 0 Å². The first-order chi connectivity index (χ1) is 16.7. The largest absolute Gasteiger partial charge is 0.352 e. The van der Waals surface area contributed by atoms with Gasteiger partial charge in [-0.1, -0.05) is 12.1 Å². The van der Waals surface area contributed by atoms with E-state index in [0.29, 0.717) is 19.6 Å². The lowest BCUT2D eigenvalue weighted by Crippen LogP contribution is -2.63. The topological polar surface area (TPSA) is 95.0 Å². The third-order valence-corrected chi connectivity index (χ3v) is 6.58. The van der Waals surface area contributed by atoms with Crippen LogP contribution in [0.25, 0.3) is 22.3 Å². The van der Waals surface area contributed by atoms with E-state index in [4.69, 9.17) is 0 Å². The molecule has 1 fully saturated rings. The van der Waals surface area contributed by atoms with Crippen molar-refractivity contribution in [1.29, 1.82) is 0 Å². The summed E-state index contributed by atoms with van der Waals surface area (Å²) in [4.78, 5) is 29.6. The second-order valence-corrected chi connectivity index (χ2v) is 9.65. The average Bonchev–Trinajstić information content (AvgIpc) is 3.44. The molecule has 5 rings (SSSR count). The Balaban J connectivity index is 1.33. The van der Waals surface area contributed by atoms with Crippen LogP contribution in [0.1, 0.15) is 32.4 Å². The van der Waals surface area contributed by atoms with Gasteiger partial charge in [-0.25, -0.2) is 19.2 Å². The Labute approximate surface area is 203 Å². The maximum absolute atomic E-state index is 13.3. The zero-order valence-corrected chi connectivity index (χ0v) is 20.3. The van der Waals surface area contributed by atoms with Crippen molar-refractivity contribution in [1.82, 2.24) is 34.9 Å². The van der Waals surface area contributed by atoms with Gasteiger partial charge in [0.2, 0.25) is 0 Å². The van der Waals surface area contributed by atoms with Crippen LogP contribution in [0.15, 0.2) is 49.1 Å². The quantitative estimate of drug-likeness (QED) is 0.466. The number of aromatic nitrogens is 5. The number of hydrogen-bond donors (Lipinski definition) is 2. The zero-order valence-electron chi connectivity index (χ0n) is 20.3. The van der Waals surface area contributed by atoms with Crippen LogP contribution in [0.3, 0.4) is 0 Å². The van der Waals surface area contributed by atoms with Crippen molar-refractivity contribution in [3.05, 3.63) is 60.4 Å². The first kappa shape index (κ1) is 22.8. The molecule has 0 bridgehead atoms. The van der Waals surface area contributed by atoms with Crippen LogP contribution in [-0.2, 0) is 7.05 Å². The summed E-state index contributed by atoms with van der Waals surface area (Å²) >= 11 is 0. The van der Waals surface area contributed by atoms with Crippen LogP contribution < -0.4 is 10.2 Å². The van der Waals surface area contributed by atoms with Gasteiger partial charge in [0.1, 0.15) is 23.6 Å². The molecule has 1 aliphatic rings. The molecule has 0 aliphatic carbocycles. The molecule has 1 unspecified atom stereocenters. The Morgan fingerprint density at radius 1 is 1.20 bits per heavy atom. The van der Waals surface area contributed by atoms with E-state index in [1.165, 1.54) is 12.1 Å². The number of nitrogens with zero attached hydrogens (tertiary/aromatic N) is 6. The Morgan fingerprint density at radius 3 is 2.66 bits per heavy atom. The van der Waals surface area contributed by atoms with Crippen LogP contribution in [0.5, 0.6) is 0 Å². The Hall–Kier alpha value is -3.95. The number of anilines is 1. The highest BCUT2D eigenvalue weighted by molar-refractivity contribution is 5.92. The highest BCUT2D eigenvalue weighted by Crippen LogP contribution is 2.32. The summed E-state index contributed by atoms with van der Waals surface area (Å²) < 4.78 is 15.0. The number of carbonyl (C=O) groups excluding carboxylic acids is 1. The molecule has 1 aromatic carbocycles. The summed E-state index contributed by atoms with van der Waals surface area (Å²) in [5.41, 5.74) is 3.09. The number of benzene rings is 1. The molecule has 0 spiro atoms. The van der Waals surface area contributed by atoms with Crippen molar-refractivity contribution in [2.45, 2.75) is 32.4 Å². The normalized spacial score (nSPS) is 16.5. The molecule has 1 atom stereocenters.